The van der Waals surface area contributed by atoms with Crippen LogP contribution in [-0.2, 0) is 4.79 Å². The number of carbonyl (C=O) groups is 1. The van der Waals surface area contributed by atoms with Gasteiger partial charge in [0.2, 0.25) is 0 Å². The van der Waals surface area contributed by atoms with Crippen LogP contribution in [0.25, 0.3) is 0 Å². The Morgan fingerprint density at radius 3 is 2.47 bits per heavy atom. The fraction of sp³-hybridized carbons (Fsp3) is 0.929. The van der Waals surface area contributed by atoms with Crippen LogP contribution in [0.3, 0.4) is 0 Å². The van der Waals surface area contributed by atoms with Gasteiger partial charge in [-0.2, -0.15) is 0 Å². The highest BCUT2D eigenvalue weighted by molar-refractivity contribution is 5.66. The van der Waals surface area contributed by atoms with E-state index in [2.05, 4.69) is 25.7 Å². The minimum atomic E-state index is -0.660. The number of carboxylic acid groups (broad SMARTS) is 1. The summed E-state index contributed by atoms with van der Waals surface area (Å²) < 4.78 is 0. The highest BCUT2D eigenvalue weighted by Gasteiger charge is 2.28. The highest BCUT2D eigenvalue weighted by Crippen LogP contribution is 2.25. The molecule has 1 unspecified atom stereocenters. The van der Waals surface area contributed by atoms with Crippen LogP contribution >= 0.6 is 0 Å². The van der Waals surface area contributed by atoms with E-state index in [-0.39, 0.29) is 0 Å². The van der Waals surface area contributed by atoms with Crippen molar-refractivity contribution in [2.45, 2.75) is 46.5 Å². The number of hydrogen-bond donors (Lipinski definition) is 1. The summed E-state index contributed by atoms with van der Waals surface area (Å²) in [4.78, 5) is 13.0. The van der Waals surface area contributed by atoms with E-state index in [0.717, 1.165) is 37.6 Å². The van der Waals surface area contributed by atoms with Gasteiger partial charge in [-0.25, -0.2) is 0 Å². The summed E-state index contributed by atoms with van der Waals surface area (Å²) in [5, 5.41) is 8.68. The Hall–Kier alpha value is -0.570. The third kappa shape index (κ3) is 5.07. The first kappa shape index (κ1) is 14.5. The van der Waals surface area contributed by atoms with E-state index in [1.54, 1.807) is 0 Å². The number of carboxylic acids is 1. The standard InChI is InChI=1S/C14H27NO2/c1-4-12(5-6-14(16)17)7-8-15-9-13(10-15)11(2)3/h11-13H,4-10H2,1-3H3,(H,16,17). The van der Waals surface area contributed by atoms with Gasteiger partial charge >= 0.3 is 5.97 Å². The summed E-state index contributed by atoms with van der Waals surface area (Å²) in [6, 6.07) is 0. The smallest absolute Gasteiger partial charge is 0.303 e. The average Bonchev–Trinajstić information content (AvgIpc) is 2.19. The molecule has 1 fully saturated rings. The summed E-state index contributed by atoms with van der Waals surface area (Å²) >= 11 is 0. The quantitative estimate of drug-likeness (QED) is 0.710. The Morgan fingerprint density at radius 1 is 1.35 bits per heavy atom. The Labute approximate surface area is 105 Å². The zero-order valence-corrected chi connectivity index (χ0v) is 11.5. The van der Waals surface area contributed by atoms with Crippen LogP contribution in [0.4, 0.5) is 0 Å². The van der Waals surface area contributed by atoms with Gasteiger partial charge < -0.3 is 10.0 Å². The van der Waals surface area contributed by atoms with Gasteiger partial charge in [0.25, 0.3) is 0 Å². The lowest BCUT2D eigenvalue weighted by atomic mass is 9.87. The van der Waals surface area contributed by atoms with Gasteiger partial charge in [0.05, 0.1) is 0 Å². The van der Waals surface area contributed by atoms with Crippen LogP contribution in [0.5, 0.6) is 0 Å². The zero-order chi connectivity index (χ0) is 12.8. The van der Waals surface area contributed by atoms with Crippen molar-refractivity contribution in [2.75, 3.05) is 19.6 Å². The molecule has 0 aromatic carbocycles. The Kier molecular flexibility index (Phi) is 5.96. The molecule has 1 rings (SSSR count). The maximum absolute atomic E-state index is 10.5. The van der Waals surface area contributed by atoms with Gasteiger partial charge in [0.15, 0.2) is 0 Å². The van der Waals surface area contributed by atoms with Crippen molar-refractivity contribution < 1.29 is 9.90 Å². The first-order valence-corrected chi connectivity index (χ1v) is 6.97. The molecule has 0 bridgehead atoms. The van der Waals surface area contributed by atoms with Gasteiger partial charge in [-0.15, -0.1) is 0 Å². The van der Waals surface area contributed by atoms with Crippen molar-refractivity contribution in [3.05, 3.63) is 0 Å². The lowest BCUT2D eigenvalue weighted by molar-refractivity contribution is -0.137. The van der Waals surface area contributed by atoms with Crippen molar-refractivity contribution >= 4 is 5.97 Å². The topological polar surface area (TPSA) is 40.5 Å². The molecule has 1 saturated heterocycles. The van der Waals surface area contributed by atoms with Crippen LogP contribution in [0.15, 0.2) is 0 Å². The summed E-state index contributed by atoms with van der Waals surface area (Å²) in [6.45, 7) is 10.4. The normalized spacial score (nSPS) is 19.3. The van der Waals surface area contributed by atoms with Crippen LogP contribution in [0, 0.1) is 17.8 Å². The van der Waals surface area contributed by atoms with E-state index in [9.17, 15) is 4.79 Å². The fourth-order valence-electron chi connectivity index (χ4n) is 2.46. The Bertz CT molecular complexity index is 234. The summed E-state index contributed by atoms with van der Waals surface area (Å²) in [5.41, 5.74) is 0. The highest BCUT2D eigenvalue weighted by atomic mass is 16.4. The van der Waals surface area contributed by atoms with Crippen LogP contribution in [0.1, 0.15) is 46.5 Å². The van der Waals surface area contributed by atoms with Crippen molar-refractivity contribution in [1.82, 2.24) is 4.90 Å². The van der Waals surface area contributed by atoms with E-state index < -0.39 is 5.97 Å². The van der Waals surface area contributed by atoms with Crippen molar-refractivity contribution in [3.63, 3.8) is 0 Å². The minimum Gasteiger partial charge on any atom is -0.481 e. The molecule has 0 spiro atoms. The maximum atomic E-state index is 10.5. The second-order valence-electron chi connectivity index (χ2n) is 5.76. The summed E-state index contributed by atoms with van der Waals surface area (Å²) in [5.74, 6) is 1.62. The zero-order valence-electron chi connectivity index (χ0n) is 11.5. The van der Waals surface area contributed by atoms with E-state index in [1.165, 1.54) is 13.1 Å². The van der Waals surface area contributed by atoms with Gasteiger partial charge in [0, 0.05) is 19.5 Å². The molecule has 0 radical (unpaired) electrons. The molecule has 0 aromatic heterocycles. The van der Waals surface area contributed by atoms with Crippen LogP contribution in [-0.4, -0.2) is 35.6 Å². The number of aliphatic carboxylic acids is 1. The van der Waals surface area contributed by atoms with Crippen LogP contribution < -0.4 is 0 Å². The number of rotatable bonds is 8. The average molecular weight is 241 g/mol. The maximum Gasteiger partial charge on any atom is 0.303 e. The molecule has 0 amide bonds. The molecule has 1 N–H and O–H groups in total. The predicted octanol–water partition coefficient (Wildman–Crippen LogP) is 2.86. The largest absolute Gasteiger partial charge is 0.481 e. The first-order chi connectivity index (χ1) is 8.02. The van der Waals surface area contributed by atoms with E-state index in [0.29, 0.717) is 12.3 Å². The second kappa shape index (κ2) is 7.00. The lowest BCUT2D eigenvalue weighted by Crippen LogP contribution is -2.49. The Morgan fingerprint density at radius 2 is 2.00 bits per heavy atom. The van der Waals surface area contributed by atoms with Gasteiger partial charge in [0.1, 0.15) is 0 Å². The Balaban J connectivity index is 2.10. The third-order valence-electron chi connectivity index (χ3n) is 4.13. The second-order valence-corrected chi connectivity index (χ2v) is 5.76. The molecule has 0 aromatic rings. The summed E-state index contributed by atoms with van der Waals surface area (Å²) in [7, 11) is 0. The number of likely N-dealkylation sites (tertiary alicyclic amines) is 1. The molecule has 1 aliphatic rings. The van der Waals surface area contributed by atoms with Crippen molar-refractivity contribution in [1.29, 1.82) is 0 Å². The van der Waals surface area contributed by atoms with Gasteiger partial charge in [-0.3, -0.25) is 4.79 Å². The van der Waals surface area contributed by atoms with E-state index in [4.69, 9.17) is 5.11 Å². The molecule has 1 heterocycles. The third-order valence-corrected chi connectivity index (χ3v) is 4.13. The van der Waals surface area contributed by atoms with Crippen molar-refractivity contribution in [2.24, 2.45) is 17.8 Å². The SMILES string of the molecule is CCC(CCC(=O)O)CCN1CC(C(C)C)C1. The molecule has 100 valence electrons. The fourth-order valence-corrected chi connectivity index (χ4v) is 2.46. The lowest BCUT2D eigenvalue weighted by Gasteiger charge is -2.42. The van der Waals surface area contributed by atoms with Crippen molar-refractivity contribution in [3.8, 4) is 0 Å². The minimum absolute atomic E-state index is 0.327. The van der Waals surface area contributed by atoms with Gasteiger partial charge in [-0.05, 0) is 37.1 Å². The summed E-state index contributed by atoms with van der Waals surface area (Å²) in [6.07, 6.45) is 3.43. The molecule has 1 atom stereocenters. The van der Waals surface area contributed by atoms with Gasteiger partial charge in [-0.1, -0.05) is 27.2 Å². The molecular formula is C14H27NO2. The first-order valence-electron chi connectivity index (χ1n) is 6.97. The van der Waals surface area contributed by atoms with Crippen LogP contribution in [0.2, 0.25) is 0 Å². The molecule has 0 saturated carbocycles. The van der Waals surface area contributed by atoms with E-state index in [1.807, 2.05) is 0 Å². The monoisotopic (exact) mass is 241 g/mol. The number of hydrogen-bond acceptors (Lipinski definition) is 2. The molecular weight excluding hydrogens is 214 g/mol. The predicted molar refractivity (Wildman–Crippen MR) is 70.0 cm³/mol. The van der Waals surface area contributed by atoms with E-state index >= 15 is 0 Å². The number of nitrogens with zero attached hydrogens (tertiary/aromatic N) is 1. The molecule has 1 aliphatic heterocycles. The molecule has 0 aliphatic carbocycles. The molecule has 3 nitrogen and oxygen atoms in total. The molecule has 17 heavy (non-hydrogen) atoms. The molecule has 3 heteroatoms.